The van der Waals surface area contributed by atoms with Gasteiger partial charge in [0.05, 0.1) is 3.91 Å². The number of thioether (sulfide) groups is 3. The Morgan fingerprint density at radius 2 is 1.67 bits per heavy atom. The zero-order valence-corrected chi connectivity index (χ0v) is 9.35. The van der Waals surface area contributed by atoms with Gasteiger partial charge in [0.2, 0.25) is 0 Å². The second-order valence-electron chi connectivity index (χ2n) is 1.12. The first kappa shape index (κ1) is 10.8. The Morgan fingerprint density at radius 3 is 1.89 bits per heavy atom. The van der Waals surface area contributed by atoms with Crippen molar-refractivity contribution < 1.29 is 0 Å². The zero-order chi connectivity index (χ0) is 7.11. The summed E-state index contributed by atoms with van der Waals surface area (Å²) < 4.78 is 0.611. The molecule has 0 aromatic carbocycles. The molecule has 0 amide bonds. The first-order chi connectivity index (χ1) is 4.35. The summed E-state index contributed by atoms with van der Waals surface area (Å²) in [5.41, 5.74) is 0. The maximum absolute atomic E-state index is 4.12. The Morgan fingerprint density at radius 1 is 1.22 bits per heavy atom. The highest BCUT2D eigenvalue weighted by Crippen LogP contribution is 2.32. The number of rotatable bonds is 5. The van der Waals surface area contributed by atoms with Gasteiger partial charge in [-0.1, -0.05) is 0 Å². The van der Waals surface area contributed by atoms with Crippen molar-refractivity contribution in [2.24, 2.45) is 0 Å². The Balaban J connectivity index is 3.18. The fraction of sp³-hybridized carbons (Fsp3) is 1.00. The molecular formula is C4H10S5. The molecule has 9 heavy (non-hydrogen) atoms. The van der Waals surface area contributed by atoms with Gasteiger partial charge in [0.1, 0.15) is 0 Å². The van der Waals surface area contributed by atoms with Crippen LogP contribution in [-0.4, -0.2) is 20.3 Å². The molecule has 0 aromatic rings. The first-order valence-electron chi connectivity index (χ1n) is 2.33. The Kier molecular flexibility index (Phi) is 9.38. The van der Waals surface area contributed by atoms with Crippen LogP contribution in [0.3, 0.4) is 0 Å². The summed E-state index contributed by atoms with van der Waals surface area (Å²) in [6, 6.07) is 0. The van der Waals surface area contributed by atoms with Crippen molar-refractivity contribution in [3.63, 3.8) is 0 Å². The fourth-order valence-electron chi connectivity index (χ4n) is 0.306. The van der Waals surface area contributed by atoms with Gasteiger partial charge in [-0.3, -0.25) is 0 Å². The number of hydrogen-bond donors (Lipinski definition) is 2. The molecule has 0 unspecified atom stereocenters. The molecule has 0 aliphatic rings. The highest BCUT2D eigenvalue weighted by molar-refractivity contribution is 8.35. The van der Waals surface area contributed by atoms with Crippen molar-refractivity contribution in [2.45, 2.75) is 3.91 Å². The van der Waals surface area contributed by atoms with E-state index in [1.165, 1.54) is 0 Å². The molecule has 0 fully saturated rings. The van der Waals surface area contributed by atoms with Crippen LogP contribution in [0.5, 0.6) is 0 Å². The van der Waals surface area contributed by atoms with Gasteiger partial charge in [-0.05, 0) is 6.26 Å². The Labute approximate surface area is 80.5 Å². The summed E-state index contributed by atoms with van der Waals surface area (Å²) in [4.78, 5) is 0. The molecule has 0 aliphatic heterocycles. The van der Waals surface area contributed by atoms with Crippen LogP contribution >= 0.6 is 60.5 Å². The van der Waals surface area contributed by atoms with E-state index in [-0.39, 0.29) is 0 Å². The van der Waals surface area contributed by atoms with Crippen LogP contribution in [0.4, 0.5) is 0 Å². The average molecular weight is 218 g/mol. The second-order valence-corrected chi connectivity index (χ2v) is 6.63. The quantitative estimate of drug-likeness (QED) is 0.538. The van der Waals surface area contributed by atoms with E-state index in [1.54, 1.807) is 0 Å². The second kappa shape index (κ2) is 7.85. The summed E-state index contributed by atoms with van der Waals surface area (Å²) in [7, 11) is 0. The lowest BCUT2D eigenvalue weighted by molar-refractivity contribution is 1.99. The molecule has 0 saturated carbocycles. The lowest BCUT2D eigenvalue weighted by Crippen LogP contribution is -1.87. The predicted molar refractivity (Wildman–Crippen MR) is 60.2 cm³/mol. The van der Waals surface area contributed by atoms with Crippen LogP contribution in [-0.2, 0) is 0 Å². The molecule has 0 bridgehead atoms. The summed E-state index contributed by atoms with van der Waals surface area (Å²) in [5, 5.41) is 1.79. The number of thiol groups is 2. The molecule has 0 heterocycles. The van der Waals surface area contributed by atoms with E-state index in [0.717, 1.165) is 10.2 Å². The van der Waals surface area contributed by atoms with Crippen molar-refractivity contribution in [2.75, 3.05) is 16.4 Å². The standard InChI is InChI=1S/C4H10S5/c1-7-4(8-2-5)9-3-6/h4-6H,2-3H2,1H3. The lowest BCUT2D eigenvalue weighted by atomic mass is 11.8. The van der Waals surface area contributed by atoms with Crippen molar-refractivity contribution >= 4 is 60.5 Å². The third kappa shape index (κ3) is 6.16. The highest BCUT2D eigenvalue weighted by Gasteiger charge is 2.03. The van der Waals surface area contributed by atoms with Gasteiger partial charge in [0.15, 0.2) is 0 Å². The van der Waals surface area contributed by atoms with Crippen molar-refractivity contribution in [1.82, 2.24) is 0 Å². The molecule has 0 saturated heterocycles. The van der Waals surface area contributed by atoms with Crippen LogP contribution < -0.4 is 0 Å². The third-order valence-electron chi connectivity index (χ3n) is 0.614. The molecule has 0 aromatic heterocycles. The van der Waals surface area contributed by atoms with Gasteiger partial charge in [-0.15, -0.1) is 35.3 Å². The minimum Gasteiger partial charge on any atom is -0.168 e. The summed E-state index contributed by atoms with van der Waals surface area (Å²) in [6.45, 7) is 0. The number of hydrogen-bond acceptors (Lipinski definition) is 5. The first-order valence-corrected chi connectivity index (χ1v) is 6.98. The maximum Gasteiger partial charge on any atom is 0.0969 e. The van der Waals surface area contributed by atoms with Crippen molar-refractivity contribution in [3.05, 3.63) is 0 Å². The third-order valence-corrected chi connectivity index (χ3v) is 5.52. The smallest absolute Gasteiger partial charge is 0.0969 e. The van der Waals surface area contributed by atoms with Crippen LogP contribution in [0.2, 0.25) is 0 Å². The topological polar surface area (TPSA) is 0 Å². The summed E-state index contributed by atoms with van der Waals surface area (Å²) in [6.07, 6.45) is 2.11. The van der Waals surface area contributed by atoms with Crippen LogP contribution in [0, 0.1) is 0 Å². The largest absolute Gasteiger partial charge is 0.168 e. The van der Waals surface area contributed by atoms with E-state index < -0.39 is 0 Å². The van der Waals surface area contributed by atoms with Crippen molar-refractivity contribution in [3.8, 4) is 0 Å². The van der Waals surface area contributed by atoms with Crippen LogP contribution in [0.1, 0.15) is 0 Å². The minimum atomic E-state index is 0.611. The molecule has 0 N–H and O–H groups in total. The molecule has 56 valence electrons. The highest BCUT2D eigenvalue weighted by atomic mass is 32.3. The molecule has 0 rings (SSSR count). The lowest BCUT2D eigenvalue weighted by Gasteiger charge is -2.08. The van der Waals surface area contributed by atoms with Gasteiger partial charge in [-0.25, -0.2) is 0 Å². The van der Waals surface area contributed by atoms with Gasteiger partial charge >= 0.3 is 0 Å². The van der Waals surface area contributed by atoms with E-state index in [4.69, 9.17) is 0 Å². The summed E-state index contributed by atoms with van der Waals surface area (Å²) in [5.74, 6) is 0. The summed E-state index contributed by atoms with van der Waals surface area (Å²) >= 11 is 13.8. The molecule has 0 atom stereocenters. The minimum absolute atomic E-state index is 0.611. The Bertz CT molecular complexity index is 50.9. The van der Waals surface area contributed by atoms with Gasteiger partial charge < -0.3 is 0 Å². The fourth-order valence-corrected chi connectivity index (χ4v) is 4.94. The Hall–Kier alpha value is 1.75. The SMILES string of the molecule is CSC(SCS)SCS. The monoisotopic (exact) mass is 218 g/mol. The van der Waals surface area contributed by atoms with Crippen LogP contribution in [0.15, 0.2) is 0 Å². The van der Waals surface area contributed by atoms with E-state index in [2.05, 4.69) is 31.5 Å². The molecule has 0 spiro atoms. The van der Waals surface area contributed by atoms with Crippen molar-refractivity contribution in [1.29, 1.82) is 0 Å². The molecule has 5 heteroatoms. The predicted octanol–water partition coefficient (Wildman–Crippen LogP) is 2.87. The molecule has 0 radical (unpaired) electrons. The van der Waals surface area contributed by atoms with E-state index >= 15 is 0 Å². The maximum atomic E-state index is 4.12. The van der Waals surface area contributed by atoms with Gasteiger partial charge in [0, 0.05) is 10.2 Å². The van der Waals surface area contributed by atoms with E-state index in [0.29, 0.717) is 3.91 Å². The van der Waals surface area contributed by atoms with E-state index in [9.17, 15) is 0 Å². The normalized spacial score (nSPS) is 10.7. The molecule has 0 aliphatic carbocycles. The zero-order valence-electron chi connectivity index (χ0n) is 5.11. The van der Waals surface area contributed by atoms with E-state index in [1.807, 2.05) is 35.3 Å². The molecule has 0 nitrogen and oxygen atoms in total. The van der Waals surface area contributed by atoms with Gasteiger partial charge in [-0.2, -0.15) is 25.3 Å². The average Bonchev–Trinajstić information content (AvgIpc) is 1.88. The van der Waals surface area contributed by atoms with Gasteiger partial charge in [0.25, 0.3) is 0 Å². The van der Waals surface area contributed by atoms with Crippen LogP contribution in [0.25, 0.3) is 0 Å². The molecular weight excluding hydrogens is 208 g/mol.